The molecule has 1 heterocycles. The molecular formula is C19H18N2O. The number of rotatable bonds is 2. The molecule has 22 heavy (non-hydrogen) atoms. The number of likely N-dealkylation sites (tertiary alicyclic amines) is 1. The predicted octanol–water partition coefficient (Wildman–Crippen LogP) is 3.50. The Labute approximate surface area is 130 Å². The van der Waals surface area contributed by atoms with E-state index in [-0.39, 0.29) is 5.91 Å². The van der Waals surface area contributed by atoms with Gasteiger partial charge in [0, 0.05) is 24.6 Å². The van der Waals surface area contributed by atoms with Gasteiger partial charge in [-0.2, -0.15) is 5.26 Å². The summed E-state index contributed by atoms with van der Waals surface area (Å²) in [7, 11) is 0. The fraction of sp³-hybridized carbons (Fsp3) is 0.263. The van der Waals surface area contributed by atoms with Crippen molar-refractivity contribution in [3.8, 4) is 6.07 Å². The molecule has 0 spiro atoms. The third-order valence-corrected chi connectivity index (χ3v) is 4.43. The van der Waals surface area contributed by atoms with Crippen LogP contribution in [0.3, 0.4) is 0 Å². The van der Waals surface area contributed by atoms with Crippen LogP contribution >= 0.6 is 0 Å². The van der Waals surface area contributed by atoms with E-state index < -0.39 is 0 Å². The Morgan fingerprint density at radius 1 is 1.18 bits per heavy atom. The fourth-order valence-electron chi connectivity index (χ4n) is 3.10. The van der Waals surface area contributed by atoms with E-state index >= 15 is 0 Å². The van der Waals surface area contributed by atoms with Crippen molar-refractivity contribution in [2.24, 2.45) is 0 Å². The van der Waals surface area contributed by atoms with E-state index in [0.717, 1.165) is 25.1 Å². The molecule has 3 nitrogen and oxygen atoms in total. The van der Waals surface area contributed by atoms with E-state index in [2.05, 4.69) is 18.2 Å². The minimum atomic E-state index is 0.0352. The van der Waals surface area contributed by atoms with Gasteiger partial charge in [-0.25, -0.2) is 0 Å². The molecule has 0 aliphatic carbocycles. The highest BCUT2D eigenvalue weighted by Gasteiger charge is 2.28. The maximum atomic E-state index is 12.7. The first-order valence-electron chi connectivity index (χ1n) is 7.54. The zero-order valence-corrected chi connectivity index (χ0v) is 12.6. The van der Waals surface area contributed by atoms with Crippen molar-refractivity contribution in [1.82, 2.24) is 4.90 Å². The van der Waals surface area contributed by atoms with Crippen molar-refractivity contribution < 1.29 is 4.79 Å². The predicted molar refractivity (Wildman–Crippen MR) is 85.6 cm³/mol. The van der Waals surface area contributed by atoms with Crippen molar-refractivity contribution in [2.45, 2.75) is 19.3 Å². The molecule has 1 aliphatic heterocycles. The second-order valence-electron chi connectivity index (χ2n) is 5.74. The first-order valence-corrected chi connectivity index (χ1v) is 7.54. The SMILES string of the molecule is Cc1c(C#N)cccc1C(=O)N1CCC(c2ccccc2)C1. The number of benzene rings is 2. The molecule has 0 saturated carbocycles. The van der Waals surface area contributed by atoms with Crippen LogP contribution in [0.2, 0.25) is 0 Å². The van der Waals surface area contributed by atoms with Gasteiger partial charge in [-0.15, -0.1) is 0 Å². The largest absolute Gasteiger partial charge is 0.338 e. The summed E-state index contributed by atoms with van der Waals surface area (Å²) < 4.78 is 0. The molecule has 1 amide bonds. The van der Waals surface area contributed by atoms with Gasteiger partial charge in [-0.3, -0.25) is 4.79 Å². The van der Waals surface area contributed by atoms with Gasteiger partial charge in [-0.05, 0) is 36.6 Å². The highest BCUT2D eigenvalue weighted by atomic mass is 16.2. The van der Waals surface area contributed by atoms with Crippen molar-refractivity contribution in [2.75, 3.05) is 13.1 Å². The van der Waals surface area contributed by atoms with Crippen LogP contribution in [0.15, 0.2) is 48.5 Å². The number of carbonyl (C=O) groups excluding carboxylic acids is 1. The minimum absolute atomic E-state index is 0.0352. The minimum Gasteiger partial charge on any atom is -0.338 e. The van der Waals surface area contributed by atoms with Crippen LogP contribution in [-0.4, -0.2) is 23.9 Å². The second kappa shape index (κ2) is 6.03. The summed E-state index contributed by atoms with van der Waals surface area (Å²) in [6, 6.07) is 17.8. The molecule has 3 heteroatoms. The number of carbonyl (C=O) groups is 1. The van der Waals surface area contributed by atoms with Crippen molar-refractivity contribution in [3.63, 3.8) is 0 Å². The number of hydrogen-bond acceptors (Lipinski definition) is 2. The summed E-state index contributed by atoms with van der Waals surface area (Å²) in [4.78, 5) is 14.6. The third kappa shape index (κ3) is 2.60. The zero-order valence-electron chi connectivity index (χ0n) is 12.6. The molecule has 1 unspecified atom stereocenters. The molecule has 110 valence electrons. The van der Waals surface area contributed by atoms with Crippen LogP contribution in [-0.2, 0) is 0 Å². The van der Waals surface area contributed by atoms with Crippen molar-refractivity contribution in [3.05, 3.63) is 70.8 Å². The molecule has 1 saturated heterocycles. The second-order valence-corrected chi connectivity index (χ2v) is 5.74. The van der Waals surface area contributed by atoms with E-state index in [0.29, 0.717) is 17.0 Å². The molecule has 0 N–H and O–H groups in total. The molecule has 0 aromatic heterocycles. The van der Waals surface area contributed by atoms with Crippen LogP contribution in [0, 0.1) is 18.3 Å². The van der Waals surface area contributed by atoms with Gasteiger partial charge in [0.1, 0.15) is 0 Å². The molecule has 2 aromatic carbocycles. The molecule has 1 aliphatic rings. The molecule has 0 radical (unpaired) electrons. The van der Waals surface area contributed by atoms with Crippen molar-refractivity contribution >= 4 is 5.91 Å². The lowest BCUT2D eigenvalue weighted by Crippen LogP contribution is -2.29. The normalized spacial score (nSPS) is 17.3. The number of hydrogen-bond donors (Lipinski definition) is 0. The van der Waals surface area contributed by atoms with E-state index in [1.54, 1.807) is 12.1 Å². The van der Waals surface area contributed by atoms with E-state index in [4.69, 9.17) is 5.26 Å². The summed E-state index contributed by atoms with van der Waals surface area (Å²) in [6.07, 6.45) is 0.993. The summed E-state index contributed by atoms with van der Waals surface area (Å²) >= 11 is 0. The first-order chi connectivity index (χ1) is 10.7. The smallest absolute Gasteiger partial charge is 0.254 e. The molecule has 1 atom stereocenters. The molecule has 0 bridgehead atoms. The molecule has 2 aromatic rings. The monoisotopic (exact) mass is 290 g/mol. The fourth-order valence-corrected chi connectivity index (χ4v) is 3.10. The number of nitriles is 1. The van der Waals surface area contributed by atoms with E-state index in [1.807, 2.05) is 36.1 Å². The van der Waals surface area contributed by atoms with Crippen LogP contribution < -0.4 is 0 Å². The lowest BCUT2D eigenvalue weighted by molar-refractivity contribution is 0.0790. The van der Waals surface area contributed by atoms with Crippen LogP contribution in [0.1, 0.15) is 39.4 Å². The number of nitrogens with zero attached hydrogens (tertiary/aromatic N) is 2. The lowest BCUT2D eigenvalue weighted by atomic mass is 9.99. The Morgan fingerprint density at radius 2 is 1.95 bits per heavy atom. The van der Waals surface area contributed by atoms with Gasteiger partial charge in [0.15, 0.2) is 0 Å². The van der Waals surface area contributed by atoms with Gasteiger partial charge in [-0.1, -0.05) is 36.4 Å². The Kier molecular flexibility index (Phi) is 3.93. The zero-order chi connectivity index (χ0) is 15.5. The third-order valence-electron chi connectivity index (χ3n) is 4.43. The van der Waals surface area contributed by atoms with Gasteiger partial charge in [0.05, 0.1) is 11.6 Å². The van der Waals surface area contributed by atoms with Gasteiger partial charge in [0.2, 0.25) is 0 Å². The van der Waals surface area contributed by atoms with Crippen LogP contribution in [0.25, 0.3) is 0 Å². The van der Waals surface area contributed by atoms with Gasteiger partial charge >= 0.3 is 0 Å². The van der Waals surface area contributed by atoms with E-state index in [9.17, 15) is 4.79 Å². The average molecular weight is 290 g/mol. The summed E-state index contributed by atoms with van der Waals surface area (Å²) in [6.45, 7) is 3.37. The molecule has 3 rings (SSSR count). The van der Waals surface area contributed by atoms with Gasteiger partial charge < -0.3 is 4.90 Å². The Hall–Kier alpha value is -2.60. The van der Waals surface area contributed by atoms with E-state index in [1.165, 1.54) is 5.56 Å². The maximum Gasteiger partial charge on any atom is 0.254 e. The summed E-state index contributed by atoms with van der Waals surface area (Å²) in [5, 5.41) is 9.11. The lowest BCUT2D eigenvalue weighted by Gasteiger charge is -2.18. The molecular weight excluding hydrogens is 272 g/mol. The number of amides is 1. The Balaban J connectivity index is 1.79. The van der Waals surface area contributed by atoms with Crippen LogP contribution in [0.5, 0.6) is 0 Å². The highest BCUT2D eigenvalue weighted by Crippen LogP contribution is 2.28. The summed E-state index contributed by atoms with van der Waals surface area (Å²) in [5.41, 5.74) is 3.29. The average Bonchev–Trinajstić information content (AvgIpc) is 3.05. The van der Waals surface area contributed by atoms with Crippen molar-refractivity contribution in [1.29, 1.82) is 5.26 Å². The summed E-state index contributed by atoms with van der Waals surface area (Å²) in [5.74, 6) is 0.442. The topological polar surface area (TPSA) is 44.1 Å². The molecule has 1 fully saturated rings. The van der Waals surface area contributed by atoms with Gasteiger partial charge in [0.25, 0.3) is 5.91 Å². The maximum absolute atomic E-state index is 12.7. The first kappa shape index (κ1) is 14.3. The highest BCUT2D eigenvalue weighted by molar-refractivity contribution is 5.96. The Bertz CT molecular complexity index is 731. The quantitative estimate of drug-likeness (QED) is 0.849. The van der Waals surface area contributed by atoms with Crippen LogP contribution in [0.4, 0.5) is 0 Å². The standard InChI is InChI=1S/C19H18N2O/c1-14-16(12-20)8-5-9-18(14)19(22)21-11-10-17(13-21)15-6-3-2-4-7-15/h2-9,17H,10-11,13H2,1H3. The Morgan fingerprint density at radius 3 is 2.68 bits per heavy atom.